The molecule has 6 nitrogen and oxygen atoms in total. The summed E-state index contributed by atoms with van der Waals surface area (Å²) in [7, 11) is 0. The van der Waals surface area contributed by atoms with Crippen LogP contribution in [0, 0.1) is 11.3 Å². The number of hydrogen-bond donors (Lipinski definition) is 0. The van der Waals surface area contributed by atoms with Crippen LogP contribution in [0.25, 0.3) is 0 Å². The average Bonchev–Trinajstić information content (AvgIpc) is 2.40. The molecular formula is C13H15N3O3. The third kappa shape index (κ3) is 3.42. The molecule has 0 atom stereocenters. The van der Waals surface area contributed by atoms with Crippen molar-refractivity contribution in [2.24, 2.45) is 0 Å². The van der Waals surface area contributed by atoms with E-state index in [1.54, 1.807) is 17.0 Å². The predicted molar refractivity (Wildman–Crippen MR) is 66.4 cm³/mol. The molecular weight excluding hydrogens is 246 g/mol. The van der Waals surface area contributed by atoms with Crippen molar-refractivity contribution in [3.8, 4) is 11.9 Å². The first-order chi connectivity index (χ1) is 9.22. The summed E-state index contributed by atoms with van der Waals surface area (Å²) in [6, 6.07) is 5.30. The van der Waals surface area contributed by atoms with E-state index < -0.39 is 0 Å². The van der Waals surface area contributed by atoms with Gasteiger partial charge in [-0.3, -0.25) is 4.79 Å². The number of amides is 1. The number of nitrogens with zero attached hydrogens (tertiary/aromatic N) is 3. The summed E-state index contributed by atoms with van der Waals surface area (Å²) < 4.78 is 10.6. The molecule has 1 aliphatic rings. The molecule has 0 saturated carbocycles. The molecule has 6 heteroatoms. The number of hydrogen-bond acceptors (Lipinski definition) is 5. The second kappa shape index (κ2) is 6.16. The predicted octanol–water partition coefficient (Wildman–Crippen LogP) is 0.579. The van der Waals surface area contributed by atoms with E-state index in [0.717, 1.165) is 0 Å². The van der Waals surface area contributed by atoms with Gasteiger partial charge in [0.2, 0.25) is 11.8 Å². The number of carbonyl (C=O) groups is 1. The first-order valence-electron chi connectivity index (χ1n) is 6.11. The lowest BCUT2D eigenvalue weighted by Gasteiger charge is -2.38. The van der Waals surface area contributed by atoms with Gasteiger partial charge in [0.1, 0.15) is 18.8 Å². The minimum Gasteiger partial charge on any atom is -0.471 e. The minimum absolute atomic E-state index is 0.0190. The zero-order valence-corrected chi connectivity index (χ0v) is 10.7. The number of pyridine rings is 1. The van der Waals surface area contributed by atoms with Gasteiger partial charge in [-0.25, -0.2) is 4.98 Å². The fourth-order valence-electron chi connectivity index (χ4n) is 1.68. The highest BCUT2D eigenvalue weighted by Crippen LogP contribution is 2.16. The molecule has 2 heterocycles. The van der Waals surface area contributed by atoms with Crippen LogP contribution in [0.15, 0.2) is 18.3 Å². The largest absolute Gasteiger partial charge is 0.471 e. The summed E-state index contributed by atoms with van der Waals surface area (Å²) in [5, 5.41) is 8.65. The van der Waals surface area contributed by atoms with E-state index in [-0.39, 0.29) is 18.6 Å². The second-order valence-electron chi connectivity index (χ2n) is 4.17. The fourth-order valence-corrected chi connectivity index (χ4v) is 1.68. The highest BCUT2D eigenvalue weighted by molar-refractivity contribution is 5.78. The van der Waals surface area contributed by atoms with E-state index in [1.165, 1.54) is 6.20 Å². The minimum atomic E-state index is -0.0361. The van der Waals surface area contributed by atoms with Crippen LogP contribution in [0.5, 0.6) is 5.88 Å². The van der Waals surface area contributed by atoms with E-state index in [0.29, 0.717) is 31.1 Å². The summed E-state index contributed by atoms with van der Waals surface area (Å²) in [6.07, 6.45) is 1.43. The highest BCUT2D eigenvalue weighted by atomic mass is 16.5. The lowest BCUT2D eigenvalue weighted by Crippen LogP contribution is -2.57. The monoisotopic (exact) mass is 261 g/mol. The quantitative estimate of drug-likeness (QED) is 0.775. The molecule has 1 aromatic rings. The Kier molecular flexibility index (Phi) is 4.31. The topological polar surface area (TPSA) is 75.4 Å². The summed E-state index contributed by atoms with van der Waals surface area (Å²) >= 11 is 0. The summed E-state index contributed by atoms with van der Waals surface area (Å²) in [6.45, 7) is 3.61. The SMILES string of the molecule is CCOCC(=O)N1CC(Oc2ccc(C#N)cn2)C1. The van der Waals surface area contributed by atoms with E-state index in [9.17, 15) is 4.79 Å². The summed E-state index contributed by atoms with van der Waals surface area (Å²) in [4.78, 5) is 17.3. The molecule has 100 valence electrons. The number of nitriles is 1. The fraction of sp³-hybridized carbons (Fsp3) is 0.462. The van der Waals surface area contributed by atoms with E-state index >= 15 is 0 Å². The summed E-state index contributed by atoms with van der Waals surface area (Å²) in [5.41, 5.74) is 0.495. The molecule has 0 radical (unpaired) electrons. The van der Waals surface area contributed by atoms with Gasteiger partial charge in [0, 0.05) is 18.9 Å². The van der Waals surface area contributed by atoms with Gasteiger partial charge in [0.15, 0.2) is 0 Å². The van der Waals surface area contributed by atoms with Crippen molar-refractivity contribution in [1.29, 1.82) is 5.26 Å². The van der Waals surface area contributed by atoms with Gasteiger partial charge in [-0.2, -0.15) is 5.26 Å². The molecule has 2 rings (SSSR count). The third-order valence-electron chi connectivity index (χ3n) is 2.78. The smallest absolute Gasteiger partial charge is 0.248 e. The zero-order valence-electron chi connectivity index (χ0n) is 10.7. The van der Waals surface area contributed by atoms with Gasteiger partial charge in [-0.05, 0) is 13.0 Å². The lowest BCUT2D eigenvalue weighted by molar-refractivity contribution is -0.144. The van der Waals surface area contributed by atoms with Gasteiger partial charge in [-0.15, -0.1) is 0 Å². The Morgan fingerprint density at radius 3 is 2.95 bits per heavy atom. The lowest BCUT2D eigenvalue weighted by atomic mass is 10.1. The van der Waals surface area contributed by atoms with Crippen molar-refractivity contribution >= 4 is 5.91 Å². The molecule has 1 aromatic heterocycles. The van der Waals surface area contributed by atoms with Gasteiger partial charge in [0.05, 0.1) is 18.7 Å². The van der Waals surface area contributed by atoms with Crippen LogP contribution in [-0.2, 0) is 9.53 Å². The number of ether oxygens (including phenoxy) is 2. The molecule has 1 fully saturated rings. The summed E-state index contributed by atoms with van der Waals surface area (Å²) in [5.74, 6) is 0.454. The van der Waals surface area contributed by atoms with Gasteiger partial charge >= 0.3 is 0 Å². The van der Waals surface area contributed by atoms with Crippen LogP contribution in [0.1, 0.15) is 12.5 Å². The van der Waals surface area contributed by atoms with Crippen LogP contribution < -0.4 is 4.74 Å². The molecule has 0 aromatic carbocycles. The molecule has 0 aliphatic carbocycles. The zero-order chi connectivity index (χ0) is 13.7. The van der Waals surface area contributed by atoms with Gasteiger partial charge in [0.25, 0.3) is 0 Å². The molecule has 1 saturated heterocycles. The van der Waals surface area contributed by atoms with Crippen LogP contribution in [0.2, 0.25) is 0 Å². The first kappa shape index (κ1) is 13.3. The van der Waals surface area contributed by atoms with Crippen molar-refractivity contribution in [1.82, 2.24) is 9.88 Å². The number of aromatic nitrogens is 1. The Morgan fingerprint density at radius 2 is 2.37 bits per heavy atom. The van der Waals surface area contributed by atoms with Crippen molar-refractivity contribution < 1.29 is 14.3 Å². The molecule has 0 spiro atoms. The normalized spacial score (nSPS) is 14.6. The van der Waals surface area contributed by atoms with Crippen molar-refractivity contribution in [3.05, 3.63) is 23.9 Å². The maximum absolute atomic E-state index is 11.6. The number of likely N-dealkylation sites (tertiary alicyclic amines) is 1. The van der Waals surface area contributed by atoms with Crippen molar-refractivity contribution in [3.63, 3.8) is 0 Å². The third-order valence-corrected chi connectivity index (χ3v) is 2.78. The van der Waals surface area contributed by atoms with Crippen molar-refractivity contribution in [2.75, 3.05) is 26.3 Å². The maximum Gasteiger partial charge on any atom is 0.248 e. The van der Waals surface area contributed by atoms with Gasteiger partial charge < -0.3 is 14.4 Å². The molecule has 0 N–H and O–H groups in total. The van der Waals surface area contributed by atoms with E-state index in [1.807, 2.05) is 13.0 Å². The second-order valence-corrected chi connectivity index (χ2v) is 4.17. The number of rotatable bonds is 5. The van der Waals surface area contributed by atoms with Crippen LogP contribution in [0.4, 0.5) is 0 Å². The Hall–Kier alpha value is -2.13. The van der Waals surface area contributed by atoms with Crippen LogP contribution >= 0.6 is 0 Å². The molecule has 19 heavy (non-hydrogen) atoms. The van der Waals surface area contributed by atoms with Crippen LogP contribution in [0.3, 0.4) is 0 Å². The Labute approximate surface area is 111 Å². The van der Waals surface area contributed by atoms with Crippen molar-refractivity contribution in [2.45, 2.75) is 13.0 Å². The molecule has 1 aliphatic heterocycles. The number of carbonyl (C=O) groups excluding carboxylic acids is 1. The van der Waals surface area contributed by atoms with Gasteiger partial charge in [-0.1, -0.05) is 0 Å². The molecule has 1 amide bonds. The standard InChI is InChI=1S/C13H15N3O3/c1-2-18-9-13(17)16-7-11(8-16)19-12-4-3-10(5-14)6-15-12/h3-4,6,11H,2,7-9H2,1H3. The Balaban J connectivity index is 1.75. The molecule has 0 unspecified atom stereocenters. The van der Waals surface area contributed by atoms with E-state index in [2.05, 4.69) is 4.98 Å². The first-order valence-corrected chi connectivity index (χ1v) is 6.11. The highest BCUT2D eigenvalue weighted by Gasteiger charge is 2.32. The Bertz CT molecular complexity index is 475. The Morgan fingerprint density at radius 1 is 1.58 bits per heavy atom. The maximum atomic E-state index is 11.6. The van der Waals surface area contributed by atoms with E-state index in [4.69, 9.17) is 14.7 Å². The molecule has 0 bridgehead atoms. The average molecular weight is 261 g/mol. The van der Waals surface area contributed by atoms with Crippen LogP contribution in [-0.4, -0.2) is 48.2 Å².